The molecule has 2 aromatic rings. The van der Waals surface area contributed by atoms with Gasteiger partial charge in [-0.2, -0.15) is 5.10 Å². The summed E-state index contributed by atoms with van der Waals surface area (Å²) in [6.07, 6.45) is 2.89. The zero-order valence-electron chi connectivity index (χ0n) is 11.6. The summed E-state index contributed by atoms with van der Waals surface area (Å²) in [6.45, 7) is 4.58. The number of nitrogens with one attached hydrogen (secondary N) is 1. The molecule has 0 spiro atoms. The Morgan fingerprint density at radius 1 is 1.26 bits per heavy atom. The first-order valence-corrected chi connectivity index (χ1v) is 6.65. The van der Waals surface area contributed by atoms with Gasteiger partial charge in [0.25, 0.3) is 0 Å². The first-order chi connectivity index (χ1) is 9.31. The molecular formula is C15H21N3O. The molecule has 0 amide bonds. The Morgan fingerprint density at radius 2 is 2.05 bits per heavy atom. The van der Waals surface area contributed by atoms with Gasteiger partial charge in [0.05, 0.1) is 12.8 Å². The van der Waals surface area contributed by atoms with Crippen molar-refractivity contribution in [1.82, 2.24) is 15.1 Å². The molecule has 0 saturated carbocycles. The van der Waals surface area contributed by atoms with Crippen molar-refractivity contribution in [2.45, 2.75) is 26.4 Å². The second kappa shape index (κ2) is 6.95. The molecule has 0 aliphatic heterocycles. The smallest absolute Gasteiger partial charge is 0.119 e. The molecule has 0 unspecified atom stereocenters. The molecule has 1 aromatic carbocycles. The number of aromatic nitrogens is 2. The summed E-state index contributed by atoms with van der Waals surface area (Å²) >= 11 is 0. The normalized spacial score (nSPS) is 10.6. The van der Waals surface area contributed by atoms with Gasteiger partial charge in [0.15, 0.2) is 0 Å². The van der Waals surface area contributed by atoms with E-state index in [9.17, 15) is 0 Å². The quantitative estimate of drug-likeness (QED) is 0.776. The Morgan fingerprint density at radius 3 is 2.79 bits per heavy atom. The van der Waals surface area contributed by atoms with Gasteiger partial charge in [0.1, 0.15) is 5.75 Å². The molecule has 1 aromatic heterocycles. The highest BCUT2D eigenvalue weighted by Crippen LogP contribution is 2.10. The van der Waals surface area contributed by atoms with Crippen molar-refractivity contribution in [3.05, 3.63) is 47.8 Å². The Bertz CT molecular complexity index is 493. The third kappa shape index (κ3) is 3.83. The van der Waals surface area contributed by atoms with E-state index in [1.807, 2.05) is 48.3 Å². The number of ether oxygens (including phenoxy) is 1. The van der Waals surface area contributed by atoms with Gasteiger partial charge in [-0.1, -0.05) is 18.2 Å². The molecule has 4 nitrogen and oxygen atoms in total. The number of aryl methyl sites for hydroxylation is 1. The minimum absolute atomic E-state index is 0.713. The van der Waals surface area contributed by atoms with Crippen LogP contribution in [0.1, 0.15) is 17.7 Å². The van der Waals surface area contributed by atoms with Crippen molar-refractivity contribution in [2.24, 2.45) is 0 Å². The minimum atomic E-state index is 0.713. The average Bonchev–Trinajstić information content (AvgIpc) is 2.78. The van der Waals surface area contributed by atoms with E-state index < -0.39 is 0 Å². The highest BCUT2D eigenvalue weighted by molar-refractivity contribution is 5.20. The van der Waals surface area contributed by atoms with Crippen molar-refractivity contribution in [2.75, 3.05) is 13.7 Å². The second-order valence-corrected chi connectivity index (χ2v) is 4.52. The van der Waals surface area contributed by atoms with Gasteiger partial charge in [0.2, 0.25) is 0 Å². The zero-order chi connectivity index (χ0) is 13.5. The molecule has 1 heterocycles. The third-order valence-electron chi connectivity index (χ3n) is 3.10. The topological polar surface area (TPSA) is 39.1 Å². The summed E-state index contributed by atoms with van der Waals surface area (Å²) in [5.74, 6) is 0.926. The van der Waals surface area contributed by atoms with Crippen molar-refractivity contribution in [3.8, 4) is 5.75 Å². The molecule has 0 atom stereocenters. The van der Waals surface area contributed by atoms with Gasteiger partial charge < -0.3 is 10.1 Å². The molecule has 0 aliphatic rings. The van der Waals surface area contributed by atoms with Gasteiger partial charge in [0, 0.05) is 30.8 Å². The fraction of sp³-hybridized carbons (Fsp3) is 0.400. The number of hydrogen-bond donors (Lipinski definition) is 1. The first-order valence-electron chi connectivity index (χ1n) is 6.65. The Kier molecular flexibility index (Phi) is 4.98. The Balaban J connectivity index is 1.77. The highest BCUT2D eigenvalue weighted by atomic mass is 16.5. The van der Waals surface area contributed by atoms with Crippen LogP contribution in [-0.4, -0.2) is 23.4 Å². The van der Waals surface area contributed by atoms with Crippen molar-refractivity contribution < 1.29 is 4.74 Å². The SMILES string of the molecule is CNCc1cnn(CCCOc2ccccc2)c1C. The molecule has 19 heavy (non-hydrogen) atoms. The first kappa shape index (κ1) is 13.6. The maximum absolute atomic E-state index is 5.67. The summed E-state index contributed by atoms with van der Waals surface area (Å²) in [7, 11) is 1.95. The van der Waals surface area contributed by atoms with Crippen LogP contribution in [0.15, 0.2) is 36.5 Å². The average molecular weight is 259 g/mol. The van der Waals surface area contributed by atoms with E-state index in [0.717, 1.165) is 25.3 Å². The van der Waals surface area contributed by atoms with Crippen LogP contribution in [0.4, 0.5) is 0 Å². The fourth-order valence-electron chi connectivity index (χ4n) is 2.00. The van der Waals surface area contributed by atoms with Crippen molar-refractivity contribution >= 4 is 0 Å². The number of nitrogens with zero attached hydrogens (tertiary/aromatic N) is 2. The van der Waals surface area contributed by atoms with Gasteiger partial charge in [-0.25, -0.2) is 0 Å². The maximum Gasteiger partial charge on any atom is 0.119 e. The molecule has 0 radical (unpaired) electrons. The molecule has 0 saturated heterocycles. The molecule has 4 heteroatoms. The standard InChI is InChI=1S/C15H21N3O/c1-13-14(11-16-2)12-17-18(13)9-6-10-19-15-7-4-3-5-8-15/h3-5,7-8,12,16H,6,9-11H2,1-2H3. The van der Waals surface area contributed by atoms with E-state index in [4.69, 9.17) is 4.74 Å². The van der Waals surface area contributed by atoms with Gasteiger partial charge in [-0.3, -0.25) is 4.68 Å². The van der Waals surface area contributed by atoms with Gasteiger partial charge in [-0.05, 0) is 26.1 Å². The molecular weight excluding hydrogens is 238 g/mol. The molecule has 2 rings (SSSR count). The lowest BCUT2D eigenvalue weighted by Gasteiger charge is -2.07. The lowest BCUT2D eigenvalue weighted by atomic mass is 10.2. The third-order valence-corrected chi connectivity index (χ3v) is 3.10. The molecule has 0 bridgehead atoms. The van der Waals surface area contributed by atoms with Crippen LogP contribution in [0.25, 0.3) is 0 Å². The Labute approximate surface area is 114 Å². The van der Waals surface area contributed by atoms with Crippen molar-refractivity contribution in [3.63, 3.8) is 0 Å². The van der Waals surface area contributed by atoms with E-state index in [1.54, 1.807) is 0 Å². The van der Waals surface area contributed by atoms with E-state index in [1.165, 1.54) is 11.3 Å². The van der Waals surface area contributed by atoms with Crippen LogP contribution in [0, 0.1) is 6.92 Å². The fourth-order valence-corrected chi connectivity index (χ4v) is 2.00. The number of rotatable bonds is 7. The van der Waals surface area contributed by atoms with Crippen LogP contribution >= 0.6 is 0 Å². The van der Waals surface area contributed by atoms with Crippen LogP contribution < -0.4 is 10.1 Å². The lowest BCUT2D eigenvalue weighted by molar-refractivity contribution is 0.298. The van der Waals surface area contributed by atoms with E-state index >= 15 is 0 Å². The predicted molar refractivity (Wildman–Crippen MR) is 76.3 cm³/mol. The maximum atomic E-state index is 5.67. The van der Waals surface area contributed by atoms with E-state index in [-0.39, 0.29) is 0 Å². The minimum Gasteiger partial charge on any atom is -0.494 e. The van der Waals surface area contributed by atoms with Gasteiger partial charge >= 0.3 is 0 Å². The second-order valence-electron chi connectivity index (χ2n) is 4.52. The zero-order valence-corrected chi connectivity index (χ0v) is 11.6. The van der Waals surface area contributed by atoms with Crippen LogP contribution in [0.2, 0.25) is 0 Å². The van der Waals surface area contributed by atoms with Crippen molar-refractivity contribution in [1.29, 1.82) is 0 Å². The molecule has 0 aliphatic carbocycles. The summed E-state index contributed by atoms with van der Waals surface area (Å²) < 4.78 is 7.71. The highest BCUT2D eigenvalue weighted by Gasteiger charge is 2.04. The number of hydrogen-bond acceptors (Lipinski definition) is 3. The van der Waals surface area contributed by atoms with Crippen LogP contribution in [-0.2, 0) is 13.1 Å². The Hall–Kier alpha value is -1.81. The summed E-state index contributed by atoms with van der Waals surface area (Å²) in [5.41, 5.74) is 2.49. The monoisotopic (exact) mass is 259 g/mol. The molecule has 1 N–H and O–H groups in total. The predicted octanol–water partition coefficient (Wildman–Crippen LogP) is 2.38. The van der Waals surface area contributed by atoms with Gasteiger partial charge in [-0.15, -0.1) is 0 Å². The lowest BCUT2D eigenvalue weighted by Crippen LogP contribution is -2.09. The van der Waals surface area contributed by atoms with Crippen LogP contribution in [0.5, 0.6) is 5.75 Å². The van der Waals surface area contributed by atoms with E-state index in [2.05, 4.69) is 17.3 Å². The van der Waals surface area contributed by atoms with Crippen LogP contribution in [0.3, 0.4) is 0 Å². The molecule has 102 valence electrons. The molecule has 0 fully saturated rings. The van der Waals surface area contributed by atoms with E-state index in [0.29, 0.717) is 6.61 Å². The summed E-state index contributed by atoms with van der Waals surface area (Å²) in [4.78, 5) is 0. The number of benzene rings is 1. The summed E-state index contributed by atoms with van der Waals surface area (Å²) in [6, 6.07) is 9.91. The summed E-state index contributed by atoms with van der Waals surface area (Å²) in [5, 5.41) is 7.55. The largest absolute Gasteiger partial charge is 0.494 e. The number of para-hydroxylation sites is 1.